The lowest BCUT2D eigenvalue weighted by Gasteiger charge is -2.38. The molecule has 2 N–H and O–H groups in total. The first kappa shape index (κ1) is 29.5. The summed E-state index contributed by atoms with van der Waals surface area (Å²) in [7, 11) is -3.22. The van der Waals surface area contributed by atoms with Crippen molar-refractivity contribution >= 4 is 31.6 Å². The van der Waals surface area contributed by atoms with Gasteiger partial charge in [-0.15, -0.1) is 0 Å². The average Bonchev–Trinajstić information content (AvgIpc) is 3.54. The molecule has 0 saturated heterocycles. The fraction of sp³-hybridized carbons (Fsp3) is 0.458. The van der Waals surface area contributed by atoms with Crippen molar-refractivity contribution in [1.29, 1.82) is 0 Å². The lowest BCUT2D eigenvalue weighted by molar-refractivity contribution is 0.0387. The number of sulfonamides is 2. The number of aromatic nitrogens is 4. The maximum atomic E-state index is 13.6. The maximum absolute atomic E-state index is 13.6. The molecule has 1 aliphatic heterocycles. The number of aliphatic hydroxyl groups excluding tert-OH is 1. The Labute approximate surface area is 233 Å². The molecule has 1 aromatic carbocycles. The van der Waals surface area contributed by atoms with Crippen LogP contribution < -0.4 is 9.46 Å². The van der Waals surface area contributed by atoms with Crippen LogP contribution in [0.3, 0.4) is 0 Å². The molecular formula is C24H33N7O7S2. The number of likely N-dealkylation sites (N-methyl/N-ethyl adjacent to an activating group) is 1. The van der Waals surface area contributed by atoms with Gasteiger partial charge in [-0.2, -0.15) is 12.7 Å². The Morgan fingerprint density at radius 2 is 1.75 bits per heavy atom. The minimum atomic E-state index is -4.03. The molecule has 0 saturated carbocycles. The number of anilines is 1. The van der Waals surface area contributed by atoms with Gasteiger partial charge in [-0.1, -0.05) is 6.92 Å². The Morgan fingerprint density at radius 3 is 2.33 bits per heavy atom. The number of benzene rings is 1. The largest absolute Gasteiger partial charge is 0.488 e. The second-order valence-corrected chi connectivity index (χ2v) is 13.6. The minimum absolute atomic E-state index is 0.0525. The van der Waals surface area contributed by atoms with Crippen molar-refractivity contribution in [2.75, 3.05) is 31.5 Å². The Kier molecular flexibility index (Phi) is 8.26. The number of fused-ring (bicyclic) bond motifs is 1. The van der Waals surface area contributed by atoms with Crippen molar-refractivity contribution in [3.8, 4) is 5.75 Å². The summed E-state index contributed by atoms with van der Waals surface area (Å²) in [5.41, 5.74) is 0.173. The summed E-state index contributed by atoms with van der Waals surface area (Å²) in [4.78, 5) is 22.9. The summed E-state index contributed by atoms with van der Waals surface area (Å²) in [5, 5.41) is 9.57. The van der Waals surface area contributed by atoms with E-state index in [0.29, 0.717) is 0 Å². The zero-order valence-corrected chi connectivity index (χ0v) is 24.4. The smallest absolute Gasteiger partial charge is 0.280 e. The number of carbonyl (C=O) groups excluding carboxylic acids is 1. The number of hydrogen-bond donors (Lipinski definition) is 2. The van der Waals surface area contributed by atoms with Gasteiger partial charge in [-0.25, -0.2) is 18.4 Å². The molecule has 0 unspecified atom stereocenters. The zero-order valence-electron chi connectivity index (χ0n) is 22.8. The van der Waals surface area contributed by atoms with E-state index < -0.39 is 38.1 Å². The van der Waals surface area contributed by atoms with Crippen LogP contribution in [0.5, 0.6) is 5.75 Å². The van der Waals surface area contributed by atoms with Gasteiger partial charge in [-0.05, 0) is 25.1 Å². The van der Waals surface area contributed by atoms with E-state index in [4.69, 9.17) is 4.74 Å². The first-order valence-corrected chi connectivity index (χ1v) is 15.3. The number of aliphatic hydroxyl groups is 1. The number of carbonyl (C=O) groups is 1. The maximum Gasteiger partial charge on any atom is 0.280 e. The number of ether oxygens (including phenoxy) is 1. The van der Waals surface area contributed by atoms with Crippen molar-refractivity contribution in [2.45, 2.75) is 36.0 Å². The molecule has 40 heavy (non-hydrogen) atoms. The SMILES string of the molecule is C[C@H](CO)N1C[C@H](C)[C@@H](CN(C)S(=O)(=O)c2cn(C)cn2)Oc2ccc(NS(=O)(=O)c3cn(C)cn3)cc2C1=O. The number of imidazole rings is 2. The van der Waals surface area contributed by atoms with Crippen molar-refractivity contribution in [2.24, 2.45) is 20.0 Å². The van der Waals surface area contributed by atoms with Crippen LogP contribution in [0, 0.1) is 5.92 Å². The van der Waals surface area contributed by atoms with E-state index in [1.807, 2.05) is 6.92 Å². The number of nitrogens with zero attached hydrogens (tertiary/aromatic N) is 6. The molecule has 1 aliphatic rings. The molecule has 0 radical (unpaired) electrons. The third-order valence-corrected chi connectivity index (χ3v) is 9.64. The Hall–Kier alpha value is -3.47. The van der Waals surface area contributed by atoms with E-state index in [2.05, 4.69) is 14.7 Å². The Morgan fingerprint density at radius 1 is 1.12 bits per heavy atom. The summed E-state index contributed by atoms with van der Waals surface area (Å²) in [5.74, 6) is -0.647. The topological polar surface area (TPSA) is 169 Å². The third kappa shape index (κ3) is 5.99. The number of hydrogen-bond acceptors (Lipinski definition) is 9. The van der Waals surface area contributed by atoms with Crippen LogP contribution in [-0.4, -0.2) is 95.0 Å². The molecule has 3 atom stereocenters. The average molecular weight is 596 g/mol. The van der Waals surface area contributed by atoms with Gasteiger partial charge in [0.05, 0.1) is 37.4 Å². The van der Waals surface area contributed by atoms with Crippen LogP contribution in [0.25, 0.3) is 0 Å². The van der Waals surface area contributed by atoms with Crippen molar-refractivity contribution in [1.82, 2.24) is 28.3 Å². The fourth-order valence-electron chi connectivity index (χ4n) is 4.27. The first-order valence-electron chi connectivity index (χ1n) is 12.4. The first-order chi connectivity index (χ1) is 18.7. The normalized spacial score (nSPS) is 19.1. The molecule has 4 rings (SSSR count). The van der Waals surface area contributed by atoms with Crippen molar-refractivity contribution in [3.05, 3.63) is 48.8 Å². The highest BCUT2D eigenvalue weighted by Crippen LogP contribution is 2.31. The molecule has 3 heterocycles. The van der Waals surface area contributed by atoms with Crippen LogP contribution in [0.4, 0.5) is 5.69 Å². The molecule has 14 nitrogen and oxygen atoms in total. The monoisotopic (exact) mass is 595 g/mol. The van der Waals surface area contributed by atoms with Crippen LogP contribution >= 0.6 is 0 Å². The molecule has 0 spiro atoms. The van der Waals surface area contributed by atoms with E-state index in [1.165, 1.54) is 64.3 Å². The fourth-order valence-corrected chi connectivity index (χ4v) is 6.45. The van der Waals surface area contributed by atoms with E-state index in [-0.39, 0.29) is 52.7 Å². The highest BCUT2D eigenvalue weighted by Gasteiger charge is 2.36. The molecule has 1 amide bonds. The lowest BCUT2D eigenvalue weighted by atomic mass is 9.99. The van der Waals surface area contributed by atoms with E-state index >= 15 is 0 Å². The Balaban J connectivity index is 1.68. The number of rotatable bonds is 9. The van der Waals surface area contributed by atoms with Crippen LogP contribution in [-0.2, 0) is 34.1 Å². The van der Waals surface area contributed by atoms with Crippen LogP contribution in [0.2, 0.25) is 0 Å². The van der Waals surface area contributed by atoms with Crippen molar-refractivity contribution < 1.29 is 31.5 Å². The summed E-state index contributed by atoms with van der Waals surface area (Å²) in [6.07, 6.45) is 4.80. The van der Waals surface area contributed by atoms with Gasteiger partial charge in [-0.3, -0.25) is 9.52 Å². The second-order valence-electron chi connectivity index (χ2n) is 9.98. The lowest BCUT2D eigenvalue weighted by Crippen LogP contribution is -2.50. The quantitative estimate of drug-likeness (QED) is 0.358. The van der Waals surface area contributed by atoms with E-state index in [0.717, 1.165) is 4.31 Å². The molecular weight excluding hydrogens is 562 g/mol. The van der Waals surface area contributed by atoms with Crippen LogP contribution in [0.1, 0.15) is 24.2 Å². The molecule has 0 bridgehead atoms. The summed E-state index contributed by atoms with van der Waals surface area (Å²) >= 11 is 0. The van der Waals surface area contributed by atoms with E-state index in [9.17, 15) is 26.7 Å². The van der Waals surface area contributed by atoms with Gasteiger partial charge in [0.15, 0.2) is 10.1 Å². The predicted octanol–water partition coefficient (Wildman–Crippen LogP) is 0.495. The number of amides is 1. The Bertz CT molecular complexity index is 1600. The highest BCUT2D eigenvalue weighted by atomic mass is 32.2. The number of nitrogens with one attached hydrogen (secondary N) is 1. The second kappa shape index (κ2) is 11.2. The van der Waals surface area contributed by atoms with Crippen molar-refractivity contribution in [3.63, 3.8) is 0 Å². The van der Waals surface area contributed by atoms with Gasteiger partial charge in [0, 0.05) is 51.7 Å². The highest BCUT2D eigenvalue weighted by molar-refractivity contribution is 7.92. The summed E-state index contributed by atoms with van der Waals surface area (Å²) < 4.78 is 64.7. The van der Waals surface area contributed by atoms with Gasteiger partial charge >= 0.3 is 0 Å². The summed E-state index contributed by atoms with van der Waals surface area (Å²) in [6.45, 7) is 3.32. The van der Waals surface area contributed by atoms with E-state index in [1.54, 1.807) is 21.0 Å². The molecule has 0 aliphatic carbocycles. The van der Waals surface area contributed by atoms with Gasteiger partial charge in [0.1, 0.15) is 11.9 Å². The molecule has 16 heteroatoms. The molecule has 3 aromatic rings. The minimum Gasteiger partial charge on any atom is -0.488 e. The number of aryl methyl sites for hydroxylation is 2. The van der Waals surface area contributed by atoms with Gasteiger partial charge in [0.25, 0.3) is 26.0 Å². The van der Waals surface area contributed by atoms with Gasteiger partial charge in [0.2, 0.25) is 0 Å². The van der Waals surface area contributed by atoms with Crippen LogP contribution in [0.15, 0.2) is 53.3 Å². The van der Waals surface area contributed by atoms with Gasteiger partial charge < -0.3 is 23.9 Å². The third-order valence-electron chi connectivity index (χ3n) is 6.67. The molecule has 218 valence electrons. The standard InChI is InChI=1S/C24H33N7O7S2/c1-16-9-31(17(2)13-32)24(33)19-8-18(27-39(34,35)22-11-28(3)14-25-22)6-7-20(19)38-21(16)10-30(5)40(36,37)23-12-29(4)15-26-23/h6-8,11-12,14-17,21,27,32H,9-10,13H2,1-5H3/t16-,17+,21+/m0/s1. The summed E-state index contributed by atoms with van der Waals surface area (Å²) in [6, 6.07) is 3.70. The molecule has 2 aromatic heterocycles. The predicted molar refractivity (Wildman–Crippen MR) is 145 cm³/mol. The molecule has 0 fully saturated rings. The zero-order chi connectivity index (χ0) is 29.4.